The van der Waals surface area contributed by atoms with E-state index in [2.05, 4.69) is 10.0 Å². The van der Waals surface area contributed by atoms with Gasteiger partial charge in [0.05, 0.1) is 10.9 Å². The molecular formula is C22H26N2O5S. The molecule has 0 unspecified atom stereocenters. The van der Waals surface area contributed by atoms with E-state index >= 15 is 0 Å². The Hall–Kier alpha value is -2.71. The molecule has 0 saturated carbocycles. The fourth-order valence-electron chi connectivity index (χ4n) is 3.42. The van der Waals surface area contributed by atoms with Crippen LogP contribution in [0.3, 0.4) is 0 Å². The monoisotopic (exact) mass is 430 g/mol. The van der Waals surface area contributed by atoms with Gasteiger partial charge in [0.25, 0.3) is 0 Å². The van der Waals surface area contributed by atoms with Crippen LogP contribution in [0.1, 0.15) is 25.8 Å². The highest BCUT2D eigenvalue weighted by Gasteiger charge is 2.44. The Balaban J connectivity index is 1.86. The number of hydrogen-bond acceptors (Lipinski definition) is 5. The largest absolute Gasteiger partial charge is 0.449 e. The Kier molecular flexibility index (Phi) is 6.58. The highest BCUT2D eigenvalue weighted by molar-refractivity contribution is 7.89. The van der Waals surface area contributed by atoms with Crippen molar-refractivity contribution in [3.63, 3.8) is 0 Å². The first-order valence-corrected chi connectivity index (χ1v) is 11.3. The number of carbonyl (C=O) groups excluding carboxylic acids is 2. The lowest BCUT2D eigenvalue weighted by Crippen LogP contribution is -2.61. The minimum atomic E-state index is -3.91. The summed E-state index contributed by atoms with van der Waals surface area (Å²) >= 11 is 0. The number of ketones is 1. The molecule has 1 fully saturated rings. The molecule has 0 bridgehead atoms. The number of rotatable bonds is 8. The lowest BCUT2D eigenvalue weighted by molar-refractivity contribution is -0.127. The second-order valence-corrected chi connectivity index (χ2v) is 9.77. The minimum Gasteiger partial charge on any atom is -0.449 e. The van der Waals surface area contributed by atoms with E-state index in [1.807, 2.05) is 30.3 Å². The number of ether oxygens (including phenoxy) is 1. The van der Waals surface area contributed by atoms with Crippen molar-refractivity contribution in [1.29, 1.82) is 0 Å². The van der Waals surface area contributed by atoms with Crippen molar-refractivity contribution in [3.05, 3.63) is 66.2 Å². The predicted molar refractivity (Wildman–Crippen MR) is 112 cm³/mol. The summed E-state index contributed by atoms with van der Waals surface area (Å²) in [7, 11) is -3.91. The molecule has 0 spiro atoms. The second-order valence-electron chi connectivity index (χ2n) is 8.06. The average molecular weight is 431 g/mol. The van der Waals surface area contributed by atoms with E-state index in [1.54, 1.807) is 32.0 Å². The Morgan fingerprint density at radius 2 is 1.73 bits per heavy atom. The summed E-state index contributed by atoms with van der Waals surface area (Å²) < 4.78 is 33.4. The summed E-state index contributed by atoms with van der Waals surface area (Å²) in [6, 6.07) is 15.6. The summed E-state index contributed by atoms with van der Waals surface area (Å²) in [6.45, 7) is 3.68. The number of sulfonamides is 1. The highest BCUT2D eigenvalue weighted by atomic mass is 32.2. The zero-order valence-corrected chi connectivity index (χ0v) is 17.8. The number of alkyl carbamates (subject to hydrolysis) is 1. The van der Waals surface area contributed by atoms with Crippen LogP contribution in [0.25, 0.3) is 0 Å². The zero-order chi connectivity index (χ0) is 21.8. The summed E-state index contributed by atoms with van der Waals surface area (Å²) in [5.74, 6) is -0.382. The number of amides is 1. The number of nitrogens with one attached hydrogen (secondary N) is 2. The van der Waals surface area contributed by atoms with Gasteiger partial charge in [0.1, 0.15) is 12.6 Å². The molecule has 0 aromatic heterocycles. The standard InChI is InChI=1S/C22H26N2O5S/c1-22(2)15-29-21(26)23-20(22)19(25)18(14-13-16-9-5-3-6-10-16)24-30(27,28)17-11-7-4-8-12-17/h3-12,18,20,24H,13-15H2,1-2H3,(H,23,26)/t18-,20+/m0/s1. The van der Waals surface area contributed by atoms with Gasteiger partial charge in [0.15, 0.2) is 5.78 Å². The third kappa shape index (κ3) is 5.25. The van der Waals surface area contributed by atoms with E-state index in [0.29, 0.717) is 6.42 Å². The van der Waals surface area contributed by atoms with Crippen molar-refractivity contribution < 1.29 is 22.7 Å². The molecule has 1 saturated heterocycles. The fourth-order valence-corrected chi connectivity index (χ4v) is 4.68. The molecule has 1 aliphatic rings. The van der Waals surface area contributed by atoms with Crippen LogP contribution in [0.5, 0.6) is 0 Å². The quantitative estimate of drug-likeness (QED) is 0.670. The molecule has 1 heterocycles. The molecule has 2 aromatic carbocycles. The molecule has 7 nitrogen and oxygen atoms in total. The van der Waals surface area contributed by atoms with E-state index in [-0.39, 0.29) is 23.7 Å². The van der Waals surface area contributed by atoms with Gasteiger partial charge in [-0.2, -0.15) is 0 Å². The Bertz CT molecular complexity index is 991. The SMILES string of the molecule is CC1(C)COC(=O)N[C@@H]1C(=O)[C@H](CCc1ccccc1)NS(=O)(=O)c1ccccc1. The third-order valence-corrected chi connectivity index (χ3v) is 6.65. The Morgan fingerprint density at radius 1 is 1.13 bits per heavy atom. The molecule has 2 aromatic rings. The number of benzene rings is 2. The van der Waals surface area contributed by atoms with Crippen molar-refractivity contribution >= 4 is 21.9 Å². The Morgan fingerprint density at radius 3 is 2.37 bits per heavy atom. The van der Waals surface area contributed by atoms with Crippen LogP contribution < -0.4 is 10.0 Å². The number of aryl methyl sites for hydroxylation is 1. The van der Waals surface area contributed by atoms with Gasteiger partial charge in [-0.3, -0.25) is 4.79 Å². The predicted octanol–water partition coefficient (Wildman–Crippen LogP) is 2.67. The van der Waals surface area contributed by atoms with Gasteiger partial charge in [-0.25, -0.2) is 17.9 Å². The van der Waals surface area contributed by atoms with Gasteiger partial charge in [-0.05, 0) is 30.5 Å². The van der Waals surface area contributed by atoms with E-state index in [0.717, 1.165) is 5.56 Å². The number of carbonyl (C=O) groups is 2. The van der Waals surface area contributed by atoms with Crippen LogP contribution in [-0.4, -0.2) is 39.0 Å². The van der Waals surface area contributed by atoms with Crippen LogP contribution in [0.4, 0.5) is 4.79 Å². The van der Waals surface area contributed by atoms with E-state index in [9.17, 15) is 18.0 Å². The normalized spacial score (nSPS) is 19.4. The van der Waals surface area contributed by atoms with Crippen molar-refractivity contribution in [2.45, 2.75) is 43.7 Å². The first-order valence-electron chi connectivity index (χ1n) is 9.77. The highest BCUT2D eigenvalue weighted by Crippen LogP contribution is 2.27. The molecule has 30 heavy (non-hydrogen) atoms. The van der Waals surface area contributed by atoms with Crippen LogP contribution >= 0.6 is 0 Å². The lowest BCUT2D eigenvalue weighted by Gasteiger charge is -2.38. The van der Waals surface area contributed by atoms with Crippen LogP contribution in [0, 0.1) is 5.41 Å². The molecule has 160 valence electrons. The third-order valence-electron chi connectivity index (χ3n) is 5.16. The van der Waals surface area contributed by atoms with Crippen LogP contribution in [0.2, 0.25) is 0 Å². The van der Waals surface area contributed by atoms with E-state index in [4.69, 9.17) is 4.74 Å². The summed E-state index contributed by atoms with van der Waals surface area (Å²) in [6.07, 6.45) is 0.0880. The van der Waals surface area contributed by atoms with Crippen molar-refractivity contribution in [2.75, 3.05) is 6.61 Å². The molecule has 1 aliphatic heterocycles. The maximum absolute atomic E-state index is 13.4. The summed E-state index contributed by atoms with van der Waals surface area (Å²) in [5, 5.41) is 2.57. The van der Waals surface area contributed by atoms with Crippen molar-refractivity contribution in [2.24, 2.45) is 5.41 Å². The van der Waals surface area contributed by atoms with Gasteiger partial charge >= 0.3 is 6.09 Å². The van der Waals surface area contributed by atoms with E-state index in [1.165, 1.54) is 12.1 Å². The molecule has 1 amide bonds. The smallest absolute Gasteiger partial charge is 0.407 e. The molecule has 3 rings (SSSR count). The number of hydrogen-bond donors (Lipinski definition) is 2. The molecule has 8 heteroatoms. The first kappa shape index (κ1) is 22.0. The van der Waals surface area contributed by atoms with Crippen molar-refractivity contribution in [1.82, 2.24) is 10.0 Å². The molecular weight excluding hydrogens is 404 g/mol. The van der Waals surface area contributed by atoms with Gasteiger partial charge < -0.3 is 10.1 Å². The van der Waals surface area contributed by atoms with Crippen molar-refractivity contribution in [3.8, 4) is 0 Å². The molecule has 2 atom stereocenters. The van der Waals surface area contributed by atoms with Gasteiger partial charge in [-0.1, -0.05) is 62.4 Å². The number of cyclic esters (lactones) is 1. The molecule has 2 N–H and O–H groups in total. The van der Waals surface area contributed by atoms with Crippen LogP contribution in [0.15, 0.2) is 65.6 Å². The Labute approximate surface area is 176 Å². The second kappa shape index (κ2) is 8.97. The topological polar surface area (TPSA) is 102 Å². The summed E-state index contributed by atoms with van der Waals surface area (Å²) in [5.41, 5.74) is 0.318. The average Bonchev–Trinajstić information content (AvgIpc) is 2.74. The lowest BCUT2D eigenvalue weighted by atomic mass is 9.79. The molecule has 0 aliphatic carbocycles. The molecule has 0 radical (unpaired) electrons. The van der Waals surface area contributed by atoms with E-state index < -0.39 is 33.6 Å². The number of Topliss-reactive ketones (excluding diaryl/α,β-unsaturated/α-hetero) is 1. The minimum absolute atomic E-state index is 0.0755. The maximum atomic E-state index is 13.4. The van der Waals surface area contributed by atoms with Gasteiger partial charge in [0, 0.05) is 5.41 Å². The van der Waals surface area contributed by atoms with Crippen LogP contribution in [-0.2, 0) is 26.0 Å². The zero-order valence-electron chi connectivity index (χ0n) is 17.0. The van der Waals surface area contributed by atoms with Gasteiger partial charge in [0.2, 0.25) is 10.0 Å². The fraction of sp³-hybridized carbons (Fsp3) is 0.364. The maximum Gasteiger partial charge on any atom is 0.407 e. The first-order chi connectivity index (χ1) is 14.2. The summed E-state index contributed by atoms with van der Waals surface area (Å²) in [4.78, 5) is 25.2. The van der Waals surface area contributed by atoms with Gasteiger partial charge in [-0.15, -0.1) is 0 Å².